The van der Waals surface area contributed by atoms with E-state index in [4.69, 9.17) is 0 Å². The summed E-state index contributed by atoms with van der Waals surface area (Å²) in [5, 5.41) is 9.75. The highest BCUT2D eigenvalue weighted by atomic mass is 16.1. The van der Waals surface area contributed by atoms with Crippen LogP contribution in [0.25, 0.3) is 11.1 Å². The van der Waals surface area contributed by atoms with E-state index < -0.39 is 0 Å². The molecule has 0 saturated carbocycles. The average molecular weight is 298 g/mol. The Morgan fingerprint density at radius 3 is 2.59 bits per heavy atom. The Morgan fingerprint density at radius 1 is 1.27 bits per heavy atom. The third-order valence-corrected chi connectivity index (χ3v) is 4.32. The summed E-state index contributed by atoms with van der Waals surface area (Å²) >= 11 is 0. The van der Waals surface area contributed by atoms with Crippen molar-refractivity contribution in [2.45, 2.75) is 19.8 Å². The maximum absolute atomic E-state index is 11.0. The minimum atomic E-state index is 0.0669. The zero-order valence-corrected chi connectivity index (χ0v) is 12.9. The van der Waals surface area contributed by atoms with Crippen LogP contribution < -0.4 is 10.2 Å². The second-order valence-electron chi connectivity index (χ2n) is 5.90. The fraction of sp³-hybridized carbons (Fsp3) is 0.412. The Balaban J connectivity index is 1.56. The number of piperidine rings is 1. The van der Waals surface area contributed by atoms with Crippen LogP contribution in [0.2, 0.25) is 0 Å². The molecule has 1 aliphatic heterocycles. The van der Waals surface area contributed by atoms with Crippen LogP contribution in [0.15, 0.2) is 36.7 Å². The van der Waals surface area contributed by atoms with E-state index in [2.05, 4.69) is 44.7 Å². The topological polar surface area (TPSA) is 61.0 Å². The van der Waals surface area contributed by atoms with Crippen molar-refractivity contribution >= 4 is 11.6 Å². The third-order valence-electron chi connectivity index (χ3n) is 4.32. The lowest BCUT2D eigenvalue weighted by molar-refractivity contribution is -0.119. The summed E-state index contributed by atoms with van der Waals surface area (Å²) in [4.78, 5) is 13.4. The number of carbonyl (C=O) groups excluding carboxylic acids is 1. The molecule has 1 amide bonds. The van der Waals surface area contributed by atoms with Crippen molar-refractivity contribution < 1.29 is 4.79 Å². The molecule has 1 aromatic carbocycles. The van der Waals surface area contributed by atoms with Crippen molar-refractivity contribution in [2.24, 2.45) is 5.92 Å². The molecule has 0 bridgehead atoms. The number of aromatic nitrogens is 2. The molecule has 22 heavy (non-hydrogen) atoms. The summed E-state index contributed by atoms with van der Waals surface area (Å²) in [7, 11) is 0. The van der Waals surface area contributed by atoms with E-state index in [0.29, 0.717) is 5.92 Å². The molecular formula is C17H22N4O. The molecule has 0 unspecified atom stereocenters. The predicted molar refractivity (Wildman–Crippen MR) is 87.6 cm³/mol. The van der Waals surface area contributed by atoms with Gasteiger partial charge in [-0.05, 0) is 36.5 Å². The summed E-state index contributed by atoms with van der Waals surface area (Å²) in [6.07, 6.45) is 6.00. The lowest BCUT2D eigenvalue weighted by Gasteiger charge is -2.33. The minimum absolute atomic E-state index is 0.0669. The van der Waals surface area contributed by atoms with Gasteiger partial charge in [-0.1, -0.05) is 12.1 Å². The first-order chi connectivity index (χ1) is 10.7. The van der Waals surface area contributed by atoms with Crippen LogP contribution in [0.4, 0.5) is 5.69 Å². The van der Waals surface area contributed by atoms with Gasteiger partial charge in [0.1, 0.15) is 0 Å². The number of nitrogens with zero attached hydrogens (tertiary/aromatic N) is 2. The number of benzene rings is 1. The van der Waals surface area contributed by atoms with Crippen molar-refractivity contribution in [3.8, 4) is 11.1 Å². The Labute approximate surface area is 130 Å². The van der Waals surface area contributed by atoms with E-state index in [0.717, 1.165) is 38.0 Å². The molecule has 3 rings (SSSR count). The number of nitrogens with one attached hydrogen (secondary N) is 2. The van der Waals surface area contributed by atoms with Crippen molar-refractivity contribution in [2.75, 3.05) is 24.5 Å². The van der Waals surface area contributed by atoms with Gasteiger partial charge in [-0.3, -0.25) is 9.89 Å². The van der Waals surface area contributed by atoms with Crippen molar-refractivity contribution in [3.63, 3.8) is 0 Å². The quantitative estimate of drug-likeness (QED) is 0.911. The van der Waals surface area contributed by atoms with Gasteiger partial charge in [0.15, 0.2) is 0 Å². The maximum Gasteiger partial charge on any atom is 0.216 e. The molecular weight excluding hydrogens is 276 g/mol. The van der Waals surface area contributed by atoms with Gasteiger partial charge >= 0.3 is 0 Å². The second kappa shape index (κ2) is 6.64. The van der Waals surface area contributed by atoms with Gasteiger partial charge in [0, 0.05) is 44.0 Å². The van der Waals surface area contributed by atoms with Crippen molar-refractivity contribution in [3.05, 3.63) is 36.7 Å². The maximum atomic E-state index is 11.0. The van der Waals surface area contributed by atoms with Gasteiger partial charge in [0.05, 0.1) is 6.20 Å². The smallest absolute Gasteiger partial charge is 0.216 e. The Kier molecular flexibility index (Phi) is 4.42. The minimum Gasteiger partial charge on any atom is -0.372 e. The van der Waals surface area contributed by atoms with Crippen LogP contribution in [0.1, 0.15) is 19.8 Å². The third kappa shape index (κ3) is 3.47. The molecule has 1 fully saturated rings. The number of hydrogen-bond donors (Lipinski definition) is 2. The van der Waals surface area contributed by atoms with Crippen LogP contribution in [-0.4, -0.2) is 35.7 Å². The first kappa shape index (κ1) is 14.6. The number of H-pyrrole nitrogens is 1. The first-order valence-electron chi connectivity index (χ1n) is 7.81. The van der Waals surface area contributed by atoms with Crippen LogP contribution in [0, 0.1) is 5.92 Å². The molecule has 0 spiro atoms. The van der Waals surface area contributed by atoms with Crippen molar-refractivity contribution in [1.29, 1.82) is 0 Å². The highest BCUT2D eigenvalue weighted by Gasteiger charge is 2.19. The number of carbonyl (C=O) groups is 1. The zero-order chi connectivity index (χ0) is 15.4. The molecule has 2 N–H and O–H groups in total. The normalized spacial score (nSPS) is 15.8. The summed E-state index contributed by atoms with van der Waals surface area (Å²) in [6.45, 7) is 4.49. The highest BCUT2D eigenvalue weighted by Crippen LogP contribution is 2.26. The Morgan fingerprint density at radius 2 is 2.00 bits per heavy atom. The summed E-state index contributed by atoms with van der Waals surface area (Å²) in [6, 6.07) is 8.64. The molecule has 5 heteroatoms. The van der Waals surface area contributed by atoms with Gasteiger partial charge in [-0.2, -0.15) is 5.10 Å². The number of amides is 1. The molecule has 2 heterocycles. The van der Waals surface area contributed by atoms with Gasteiger partial charge < -0.3 is 10.2 Å². The van der Waals surface area contributed by atoms with E-state index in [1.54, 1.807) is 6.92 Å². The number of anilines is 1. The summed E-state index contributed by atoms with van der Waals surface area (Å²) < 4.78 is 0. The molecule has 1 saturated heterocycles. The first-order valence-corrected chi connectivity index (χ1v) is 7.81. The molecule has 2 aromatic rings. The lowest BCUT2D eigenvalue weighted by atomic mass is 9.96. The van der Waals surface area contributed by atoms with Gasteiger partial charge in [0.25, 0.3) is 0 Å². The van der Waals surface area contributed by atoms with Crippen LogP contribution in [0.3, 0.4) is 0 Å². The molecule has 116 valence electrons. The monoisotopic (exact) mass is 298 g/mol. The highest BCUT2D eigenvalue weighted by molar-refractivity contribution is 5.72. The fourth-order valence-electron chi connectivity index (χ4n) is 2.96. The largest absolute Gasteiger partial charge is 0.372 e. The second-order valence-corrected chi connectivity index (χ2v) is 5.90. The van der Waals surface area contributed by atoms with E-state index in [1.807, 2.05) is 12.4 Å². The molecule has 0 atom stereocenters. The van der Waals surface area contributed by atoms with E-state index in [1.165, 1.54) is 11.3 Å². The van der Waals surface area contributed by atoms with E-state index >= 15 is 0 Å². The Bertz CT molecular complexity index is 598. The molecule has 0 aliphatic carbocycles. The van der Waals surface area contributed by atoms with Crippen LogP contribution >= 0.6 is 0 Å². The van der Waals surface area contributed by atoms with Crippen molar-refractivity contribution in [1.82, 2.24) is 15.5 Å². The Hall–Kier alpha value is -2.30. The molecule has 0 radical (unpaired) electrons. The average Bonchev–Trinajstić information content (AvgIpc) is 3.08. The number of hydrogen-bond acceptors (Lipinski definition) is 3. The van der Waals surface area contributed by atoms with Gasteiger partial charge in [-0.15, -0.1) is 0 Å². The van der Waals surface area contributed by atoms with E-state index in [9.17, 15) is 4.79 Å². The SMILES string of the molecule is CC(=O)NCC1CCN(c2ccc(-c3cn[nH]c3)cc2)CC1. The van der Waals surface area contributed by atoms with Crippen LogP contribution in [0.5, 0.6) is 0 Å². The summed E-state index contributed by atoms with van der Waals surface area (Å²) in [5.74, 6) is 0.669. The van der Waals surface area contributed by atoms with Crippen LogP contribution in [-0.2, 0) is 4.79 Å². The zero-order valence-electron chi connectivity index (χ0n) is 12.9. The predicted octanol–water partition coefficient (Wildman–Crippen LogP) is 2.43. The summed E-state index contributed by atoms with van der Waals surface area (Å²) in [5.41, 5.74) is 3.56. The van der Waals surface area contributed by atoms with E-state index in [-0.39, 0.29) is 5.91 Å². The molecule has 1 aromatic heterocycles. The van der Waals surface area contributed by atoms with Gasteiger partial charge in [-0.25, -0.2) is 0 Å². The number of aromatic amines is 1. The van der Waals surface area contributed by atoms with Gasteiger partial charge in [0.2, 0.25) is 5.91 Å². The molecule has 1 aliphatic rings. The number of rotatable bonds is 4. The fourth-order valence-corrected chi connectivity index (χ4v) is 2.96. The molecule has 5 nitrogen and oxygen atoms in total. The lowest BCUT2D eigenvalue weighted by Crippen LogP contribution is -2.38. The standard InChI is InChI=1S/C17H22N4O/c1-13(22)18-10-14-6-8-21(9-7-14)17-4-2-15(3-5-17)16-11-19-20-12-16/h2-5,11-12,14H,6-10H2,1H3,(H,18,22)(H,19,20).